The zero-order valence-corrected chi connectivity index (χ0v) is 27.3. The fourth-order valence-corrected chi connectivity index (χ4v) is 6.02. The highest BCUT2D eigenvalue weighted by molar-refractivity contribution is 5.95. The van der Waals surface area contributed by atoms with Crippen molar-refractivity contribution in [3.05, 3.63) is 141 Å². The number of hydrogen-bond donors (Lipinski definition) is 7. The number of nitrogens with zero attached hydrogens (tertiary/aromatic N) is 1. The number of likely N-dealkylation sites (tertiary alicyclic amines) is 1. The summed E-state index contributed by atoms with van der Waals surface area (Å²) in [5, 5.41) is 48.3. The third-order valence-corrected chi connectivity index (χ3v) is 8.79. The van der Waals surface area contributed by atoms with Crippen LogP contribution in [0.3, 0.4) is 0 Å². The standard InChI is InChI=1S/C38H36N4O9/c43-31-15-13-29(30-14-16-33(45)41-35(30)31)32(44)19-39-18-23-9-11-24(12-10-23)36(47)42-20-27(21-42)40-34(46)22-51-28-8-4-7-26(17-28)38(50,37(48)49)25-5-2-1-3-6-25/h1-17,27,32,39,43-44,50H,18-22H2,(H,40,46)(H,41,45)(H,48,49). The third kappa shape index (κ3) is 7.60. The molecule has 51 heavy (non-hydrogen) atoms. The number of aliphatic hydroxyl groups excluding tert-OH is 1. The molecule has 0 aliphatic carbocycles. The minimum absolute atomic E-state index is 0.0789. The fourth-order valence-electron chi connectivity index (χ4n) is 6.02. The number of carboxylic acids is 1. The summed E-state index contributed by atoms with van der Waals surface area (Å²) in [5.41, 5.74) is -0.186. The summed E-state index contributed by atoms with van der Waals surface area (Å²) in [4.78, 5) is 53.5. The number of carbonyl (C=O) groups excluding carboxylic acids is 2. The number of fused-ring (bicyclic) bond motifs is 1. The molecule has 1 aliphatic rings. The van der Waals surface area contributed by atoms with Crippen molar-refractivity contribution in [2.75, 3.05) is 26.2 Å². The Morgan fingerprint density at radius 1 is 0.922 bits per heavy atom. The average molecular weight is 693 g/mol. The van der Waals surface area contributed by atoms with Gasteiger partial charge in [-0.3, -0.25) is 14.4 Å². The minimum atomic E-state index is -2.30. The van der Waals surface area contributed by atoms with Gasteiger partial charge in [-0.15, -0.1) is 0 Å². The van der Waals surface area contributed by atoms with Crippen LogP contribution in [0.2, 0.25) is 0 Å². The molecule has 6 rings (SSSR count). The molecule has 0 bridgehead atoms. The smallest absolute Gasteiger partial charge is 0.345 e. The number of H-pyrrole nitrogens is 1. The van der Waals surface area contributed by atoms with Gasteiger partial charge in [0.2, 0.25) is 11.2 Å². The minimum Gasteiger partial charge on any atom is -0.506 e. The van der Waals surface area contributed by atoms with E-state index in [0.717, 1.165) is 5.56 Å². The van der Waals surface area contributed by atoms with Crippen molar-refractivity contribution >= 4 is 28.7 Å². The predicted octanol–water partition coefficient (Wildman–Crippen LogP) is 2.40. The Labute approximate surface area is 291 Å². The van der Waals surface area contributed by atoms with Crippen LogP contribution in [0.1, 0.15) is 38.7 Å². The Balaban J connectivity index is 0.944. The van der Waals surface area contributed by atoms with Gasteiger partial charge in [-0.05, 0) is 53.1 Å². The van der Waals surface area contributed by atoms with Gasteiger partial charge in [0.05, 0.1) is 17.7 Å². The molecule has 2 amide bonds. The summed E-state index contributed by atoms with van der Waals surface area (Å²) >= 11 is 0. The first kappa shape index (κ1) is 34.8. The van der Waals surface area contributed by atoms with E-state index >= 15 is 0 Å². The molecule has 0 spiro atoms. The van der Waals surface area contributed by atoms with Gasteiger partial charge >= 0.3 is 5.97 Å². The van der Waals surface area contributed by atoms with Gasteiger partial charge in [-0.25, -0.2) is 4.79 Å². The van der Waals surface area contributed by atoms with Crippen molar-refractivity contribution < 1.29 is 39.5 Å². The molecule has 0 saturated carbocycles. The van der Waals surface area contributed by atoms with E-state index in [9.17, 15) is 39.6 Å². The van der Waals surface area contributed by atoms with Crippen molar-refractivity contribution in [3.63, 3.8) is 0 Å². The molecule has 0 radical (unpaired) electrons. The Morgan fingerprint density at radius 2 is 1.65 bits per heavy atom. The first-order chi connectivity index (χ1) is 24.5. The predicted molar refractivity (Wildman–Crippen MR) is 186 cm³/mol. The number of aliphatic carboxylic acids is 1. The number of pyridine rings is 1. The molecule has 7 N–H and O–H groups in total. The number of aromatic hydroxyl groups is 1. The molecule has 2 atom stereocenters. The number of phenolic OH excluding ortho intramolecular Hbond substituents is 1. The van der Waals surface area contributed by atoms with Gasteiger partial charge in [0, 0.05) is 48.8 Å². The van der Waals surface area contributed by atoms with Crippen molar-refractivity contribution in [1.82, 2.24) is 20.5 Å². The molecule has 1 aliphatic heterocycles. The first-order valence-electron chi connectivity index (χ1n) is 16.2. The van der Waals surface area contributed by atoms with E-state index in [1.165, 1.54) is 42.5 Å². The van der Waals surface area contributed by atoms with Crippen LogP contribution >= 0.6 is 0 Å². The lowest BCUT2D eigenvalue weighted by atomic mass is 9.86. The zero-order chi connectivity index (χ0) is 36.1. The molecule has 1 saturated heterocycles. The van der Waals surface area contributed by atoms with Crippen molar-refractivity contribution in [1.29, 1.82) is 0 Å². The van der Waals surface area contributed by atoms with Crippen molar-refractivity contribution in [2.45, 2.75) is 24.3 Å². The number of nitrogens with one attached hydrogen (secondary N) is 3. The Kier molecular flexibility index (Phi) is 10.1. The molecule has 1 fully saturated rings. The van der Waals surface area contributed by atoms with Gasteiger partial charge < -0.3 is 45.7 Å². The number of aromatic nitrogens is 1. The van der Waals surface area contributed by atoms with Gasteiger partial charge in [0.25, 0.3) is 11.8 Å². The highest BCUT2D eigenvalue weighted by Crippen LogP contribution is 2.32. The number of phenols is 1. The largest absolute Gasteiger partial charge is 0.506 e. The number of carboxylic acid groups (broad SMARTS) is 1. The molecular weight excluding hydrogens is 656 g/mol. The van der Waals surface area contributed by atoms with Crippen molar-refractivity contribution in [3.8, 4) is 11.5 Å². The normalized spacial score (nSPS) is 14.7. The van der Waals surface area contributed by atoms with E-state index in [4.69, 9.17) is 4.74 Å². The maximum atomic E-state index is 13.0. The molecular formula is C38H36N4O9. The molecule has 262 valence electrons. The number of hydrogen-bond acceptors (Lipinski definition) is 9. The number of carbonyl (C=O) groups is 3. The molecule has 5 aromatic rings. The topological polar surface area (TPSA) is 202 Å². The summed E-state index contributed by atoms with van der Waals surface area (Å²) in [7, 11) is 0. The van der Waals surface area contributed by atoms with Crippen LogP contribution in [-0.2, 0) is 21.7 Å². The number of aromatic amines is 1. The first-order valence-corrected chi connectivity index (χ1v) is 16.2. The SMILES string of the molecule is O=C(COc1cccc(C(O)(C(=O)O)c2ccccc2)c1)NC1CN(C(=O)c2ccc(CNCC(O)c3ccc(O)c4[nH]c(=O)ccc34)cc2)C1. The second kappa shape index (κ2) is 14.8. The van der Waals surface area contributed by atoms with Crippen molar-refractivity contribution in [2.24, 2.45) is 0 Å². The van der Waals surface area contributed by atoms with Crippen LogP contribution in [0.5, 0.6) is 11.5 Å². The quantitative estimate of drug-likeness (QED) is 0.0961. The number of amides is 2. The maximum Gasteiger partial charge on any atom is 0.345 e. The van der Waals surface area contributed by atoms with Crippen LogP contribution in [0, 0.1) is 0 Å². The van der Waals surface area contributed by atoms with Gasteiger partial charge in [-0.1, -0.05) is 60.7 Å². The van der Waals surface area contributed by atoms with Gasteiger partial charge in [0.15, 0.2) is 6.61 Å². The van der Waals surface area contributed by atoms with E-state index in [0.29, 0.717) is 36.1 Å². The average Bonchev–Trinajstić information content (AvgIpc) is 3.12. The number of aliphatic hydroxyl groups is 2. The molecule has 2 heterocycles. The Hall–Kier alpha value is -6.02. The summed E-state index contributed by atoms with van der Waals surface area (Å²) < 4.78 is 5.60. The number of ether oxygens (including phenoxy) is 1. The zero-order valence-electron chi connectivity index (χ0n) is 27.3. The monoisotopic (exact) mass is 692 g/mol. The molecule has 4 aromatic carbocycles. The number of rotatable bonds is 13. The molecule has 1 aromatic heterocycles. The molecule has 2 unspecified atom stereocenters. The number of benzene rings is 4. The van der Waals surface area contributed by atoms with E-state index in [1.807, 2.05) is 12.1 Å². The van der Waals surface area contributed by atoms with Crippen LogP contribution in [-0.4, -0.2) is 80.4 Å². The summed E-state index contributed by atoms with van der Waals surface area (Å²) in [6.07, 6.45) is -0.900. The second-order valence-electron chi connectivity index (χ2n) is 12.3. The van der Waals surface area contributed by atoms with Gasteiger partial charge in [0.1, 0.15) is 11.5 Å². The van der Waals surface area contributed by atoms with E-state index < -0.39 is 23.6 Å². The van der Waals surface area contributed by atoms with E-state index in [-0.39, 0.29) is 58.8 Å². The Bertz CT molecular complexity index is 2110. The highest BCUT2D eigenvalue weighted by atomic mass is 16.5. The Morgan fingerprint density at radius 3 is 2.37 bits per heavy atom. The second-order valence-corrected chi connectivity index (χ2v) is 12.3. The van der Waals surface area contributed by atoms with Crippen LogP contribution in [0.15, 0.2) is 108 Å². The van der Waals surface area contributed by atoms with E-state index in [2.05, 4.69) is 15.6 Å². The molecule has 13 nitrogen and oxygen atoms in total. The highest BCUT2D eigenvalue weighted by Gasteiger charge is 2.40. The van der Waals surface area contributed by atoms with E-state index in [1.54, 1.807) is 53.4 Å². The lowest BCUT2D eigenvalue weighted by molar-refractivity contribution is -0.155. The summed E-state index contributed by atoms with van der Waals surface area (Å²) in [6.45, 7) is 0.938. The maximum absolute atomic E-state index is 13.0. The van der Waals surface area contributed by atoms with Crippen LogP contribution in [0.4, 0.5) is 0 Å². The van der Waals surface area contributed by atoms with Gasteiger partial charge in [-0.2, -0.15) is 0 Å². The molecule has 13 heteroatoms. The lowest BCUT2D eigenvalue weighted by Crippen LogP contribution is -2.61. The van der Waals surface area contributed by atoms with Crippen LogP contribution < -0.4 is 20.9 Å². The fraction of sp³-hybridized carbons (Fsp3) is 0.211. The summed E-state index contributed by atoms with van der Waals surface area (Å²) in [5.74, 6) is -1.91. The third-order valence-electron chi connectivity index (χ3n) is 8.79. The van der Waals surface area contributed by atoms with Crippen LogP contribution in [0.25, 0.3) is 10.9 Å². The lowest BCUT2D eigenvalue weighted by Gasteiger charge is -2.39. The summed E-state index contributed by atoms with van der Waals surface area (Å²) in [6, 6.07) is 26.7.